The summed E-state index contributed by atoms with van der Waals surface area (Å²) in [4.78, 5) is 0. The summed E-state index contributed by atoms with van der Waals surface area (Å²) >= 11 is 0. The summed E-state index contributed by atoms with van der Waals surface area (Å²) < 4.78 is 0. The Morgan fingerprint density at radius 3 is 2.61 bits per heavy atom. The van der Waals surface area contributed by atoms with Crippen LogP contribution in [0, 0.1) is 35.5 Å². The second kappa shape index (κ2) is 6.26. The summed E-state index contributed by atoms with van der Waals surface area (Å²) in [7, 11) is 0. The molecule has 0 aromatic rings. The molecular formula is C18H32. The van der Waals surface area contributed by atoms with Gasteiger partial charge in [-0.1, -0.05) is 46.3 Å². The first-order chi connectivity index (χ1) is 8.63. The van der Waals surface area contributed by atoms with Crippen LogP contribution in [-0.4, -0.2) is 0 Å². The van der Waals surface area contributed by atoms with Crippen molar-refractivity contribution in [2.45, 2.75) is 66.2 Å². The van der Waals surface area contributed by atoms with Crippen LogP contribution in [0.15, 0.2) is 12.2 Å². The van der Waals surface area contributed by atoms with Gasteiger partial charge >= 0.3 is 0 Å². The first-order valence-electron chi connectivity index (χ1n) is 8.30. The van der Waals surface area contributed by atoms with E-state index >= 15 is 0 Å². The minimum atomic E-state index is 0.892. The average molecular weight is 248 g/mol. The van der Waals surface area contributed by atoms with Crippen molar-refractivity contribution < 1.29 is 0 Å². The van der Waals surface area contributed by atoms with E-state index in [4.69, 9.17) is 0 Å². The van der Waals surface area contributed by atoms with Crippen LogP contribution in [0.2, 0.25) is 0 Å². The second-order valence-corrected chi connectivity index (χ2v) is 7.20. The molecule has 0 heterocycles. The van der Waals surface area contributed by atoms with Crippen molar-refractivity contribution in [3.05, 3.63) is 12.2 Å². The first kappa shape index (κ1) is 14.2. The van der Waals surface area contributed by atoms with E-state index in [1.165, 1.54) is 38.5 Å². The summed E-state index contributed by atoms with van der Waals surface area (Å²) in [5.41, 5.74) is 0. The van der Waals surface area contributed by atoms with Crippen LogP contribution in [0.25, 0.3) is 0 Å². The Kier molecular flexibility index (Phi) is 4.92. The van der Waals surface area contributed by atoms with Gasteiger partial charge in [0.2, 0.25) is 0 Å². The lowest BCUT2D eigenvalue weighted by Crippen LogP contribution is -2.38. The van der Waals surface area contributed by atoms with Gasteiger partial charge in [-0.2, -0.15) is 0 Å². The fourth-order valence-corrected chi connectivity index (χ4v) is 4.84. The van der Waals surface area contributed by atoms with Crippen molar-refractivity contribution >= 4 is 0 Å². The molecule has 0 amide bonds. The topological polar surface area (TPSA) is 0 Å². The molecule has 2 aliphatic carbocycles. The smallest absolute Gasteiger partial charge is 0.0202 e. The first-order valence-corrected chi connectivity index (χ1v) is 8.30. The van der Waals surface area contributed by atoms with E-state index in [-0.39, 0.29) is 0 Å². The van der Waals surface area contributed by atoms with Crippen molar-refractivity contribution in [3.63, 3.8) is 0 Å². The summed E-state index contributed by atoms with van der Waals surface area (Å²) in [6, 6.07) is 0. The third-order valence-electron chi connectivity index (χ3n) is 5.74. The number of rotatable bonds is 3. The van der Waals surface area contributed by atoms with Gasteiger partial charge in [0.1, 0.15) is 0 Å². The maximum atomic E-state index is 2.56. The van der Waals surface area contributed by atoms with E-state index in [9.17, 15) is 0 Å². The highest BCUT2D eigenvalue weighted by Crippen LogP contribution is 2.47. The van der Waals surface area contributed by atoms with Gasteiger partial charge in [0.05, 0.1) is 0 Å². The highest BCUT2D eigenvalue weighted by molar-refractivity contribution is 5.00. The molecule has 0 aromatic heterocycles. The molecule has 0 aromatic carbocycles. The highest BCUT2D eigenvalue weighted by Gasteiger charge is 2.39. The van der Waals surface area contributed by atoms with Gasteiger partial charge in [-0.15, -0.1) is 0 Å². The lowest BCUT2D eigenvalue weighted by Gasteiger charge is -2.46. The molecule has 104 valence electrons. The van der Waals surface area contributed by atoms with Crippen LogP contribution < -0.4 is 0 Å². The molecule has 2 aliphatic rings. The standard InChI is InChI=1S/C18H32/c1-5-14(3)18-15(4)11-13(2)12-17(18)16-9-7-6-8-10-16/h7,9,13-18H,5-6,8,10-12H2,1-4H3/t13?,14-,15?,16?,17?,18-/m1/s1. The largest absolute Gasteiger partial charge is 0.0882 e. The molecule has 0 radical (unpaired) electrons. The molecule has 2 rings (SSSR count). The van der Waals surface area contributed by atoms with Crippen molar-refractivity contribution in [2.24, 2.45) is 35.5 Å². The Hall–Kier alpha value is -0.260. The molecule has 4 unspecified atom stereocenters. The van der Waals surface area contributed by atoms with Gasteiger partial charge in [0.15, 0.2) is 0 Å². The maximum Gasteiger partial charge on any atom is -0.0202 e. The van der Waals surface area contributed by atoms with Crippen molar-refractivity contribution in [3.8, 4) is 0 Å². The fraction of sp³-hybridized carbons (Fsp3) is 0.889. The molecule has 6 atom stereocenters. The predicted octanol–water partition coefficient (Wildman–Crippen LogP) is 5.69. The monoisotopic (exact) mass is 248 g/mol. The number of hydrogen-bond acceptors (Lipinski definition) is 0. The molecule has 0 heteroatoms. The third-order valence-corrected chi connectivity index (χ3v) is 5.74. The van der Waals surface area contributed by atoms with Crippen molar-refractivity contribution in [1.29, 1.82) is 0 Å². The predicted molar refractivity (Wildman–Crippen MR) is 80.5 cm³/mol. The van der Waals surface area contributed by atoms with Gasteiger partial charge in [0.25, 0.3) is 0 Å². The molecule has 0 bridgehead atoms. The average Bonchev–Trinajstić information content (AvgIpc) is 2.38. The van der Waals surface area contributed by atoms with Gasteiger partial charge in [0, 0.05) is 0 Å². The summed E-state index contributed by atoms with van der Waals surface area (Å²) in [6.45, 7) is 9.87. The molecule has 0 nitrogen and oxygen atoms in total. The zero-order valence-electron chi connectivity index (χ0n) is 12.9. The van der Waals surface area contributed by atoms with Gasteiger partial charge in [-0.25, -0.2) is 0 Å². The van der Waals surface area contributed by atoms with Gasteiger partial charge in [-0.05, 0) is 67.6 Å². The molecule has 1 fully saturated rings. The Morgan fingerprint density at radius 2 is 2.00 bits per heavy atom. The highest BCUT2D eigenvalue weighted by atomic mass is 14.4. The zero-order valence-corrected chi connectivity index (χ0v) is 12.9. The minimum absolute atomic E-state index is 0.892. The fourth-order valence-electron chi connectivity index (χ4n) is 4.84. The van der Waals surface area contributed by atoms with E-state index < -0.39 is 0 Å². The van der Waals surface area contributed by atoms with Crippen molar-refractivity contribution in [1.82, 2.24) is 0 Å². The number of allylic oxidation sites excluding steroid dienone is 2. The summed E-state index contributed by atoms with van der Waals surface area (Å²) in [5.74, 6) is 5.62. The van der Waals surface area contributed by atoms with Crippen LogP contribution in [0.3, 0.4) is 0 Å². The van der Waals surface area contributed by atoms with Crippen LogP contribution >= 0.6 is 0 Å². The minimum Gasteiger partial charge on any atom is -0.0882 e. The van der Waals surface area contributed by atoms with Crippen LogP contribution in [0.5, 0.6) is 0 Å². The Morgan fingerprint density at radius 1 is 1.22 bits per heavy atom. The zero-order chi connectivity index (χ0) is 13.1. The Bertz CT molecular complexity index is 278. The summed E-state index contributed by atoms with van der Waals surface area (Å²) in [6.07, 6.45) is 13.5. The van der Waals surface area contributed by atoms with Gasteiger partial charge in [-0.3, -0.25) is 0 Å². The molecular weight excluding hydrogens is 216 g/mol. The Balaban J connectivity index is 2.15. The van der Waals surface area contributed by atoms with E-state index in [0.717, 1.165) is 35.5 Å². The quantitative estimate of drug-likeness (QED) is 0.563. The third kappa shape index (κ3) is 3.00. The van der Waals surface area contributed by atoms with E-state index in [1.807, 2.05) is 0 Å². The van der Waals surface area contributed by atoms with Crippen LogP contribution in [0.4, 0.5) is 0 Å². The van der Waals surface area contributed by atoms with Crippen molar-refractivity contribution in [2.75, 3.05) is 0 Å². The normalized spacial score (nSPS) is 42.8. The molecule has 18 heavy (non-hydrogen) atoms. The molecule has 0 spiro atoms. The molecule has 0 aliphatic heterocycles. The second-order valence-electron chi connectivity index (χ2n) is 7.20. The van der Waals surface area contributed by atoms with Crippen LogP contribution in [0.1, 0.15) is 66.2 Å². The summed E-state index contributed by atoms with van der Waals surface area (Å²) in [5, 5.41) is 0. The Labute approximate surface area is 114 Å². The maximum absolute atomic E-state index is 2.56. The number of hydrogen-bond donors (Lipinski definition) is 0. The van der Waals surface area contributed by atoms with E-state index in [2.05, 4.69) is 39.8 Å². The molecule has 0 saturated heterocycles. The molecule has 1 saturated carbocycles. The van der Waals surface area contributed by atoms with E-state index in [0.29, 0.717) is 0 Å². The SMILES string of the molecule is CC[C@@H](C)[C@@H]1C(C)CC(C)CC1C1C=CCCC1. The molecule has 0 N–H and O–H groups in total. The van der Waals surface area contributed by atoms with E-state index in [1.54, 1.807) is 0 Å². The lowest BCUT2D eigenvalue weighted by molar-refractivity contribution is 0.0465. The lowest BCUT2D eigenvalue weighted by atomic mass is 9.59. The van der Waals surface area contributed by atoms with Crippen LogP contribution in [-0.2, 0) is 0 Å². The van der Waals surface area contributed by atoms with Gasteiger partial charge < -0.3 is 0 Å².